The molecule has 0 saturated carbocycles. The fraction of sp³-hybridized carbons (Fsp3) is 0.156. The summed E-state index contributed by atoms with van der Waals surface area (Å²) in [6.07, 6.45) is 9.75. The molecule has 9 rings (SSSR count). The van der Waals surface area contributed by atoms with E-state index in [4.69, 9.17) is 28.4 Å². The summed E-state index contributed by atoms with van der Waals surface area (Å²) in [5.41, 5.74) is 4.32. The monoisotopic (exact) mass is 1070 g/mol. The van der Waals surface area contributed by atoms with Crippen LogP contribution < -0.4 is 43.1 Å². The predicted molar refractivity (Wildman–Crippen MR) is 307 cm³/mol. The SMILES string of the molecule is CC(=O)N(Cc1ccccc1OCC[18F])c1cnccc1Oc1ccccc1.CC(=O)N(Cc1ccccc1O[11CH3])c1cnccc1Oc1ccccc1.COc1ccccc1CN(C(C)=O)c1cnccc1Oc1ccccc1. The molecular weight excluding hydrogens is 1010 g/mol. The number of rotatable bonds is 20. The van der Waals surface area contributed by atoms with Gasteiger partial charge in [-0.25, -0.2) is 4.39 Å². The van der Waals surface area contributed by atoms with Gasteiger partial charge in [-0.2, -0.15) is 0 Å². The predicted octanol–water partition coefficient (Wildman–Crippen LogP) is 13.6. The lowest BCUT2D eigenvalue weighted by molar-refractivity contribution is -0.117. The molecule has 15 nitrogen and oxygen atoms in total. The molecule has 0 N–H and O–H groups in total. The minimum Gasteiger partial charge on any atom is -0.496 e. The number of hydrogen-bond donors (Lipinski definition) is 0. The first kappa shape index (κ1) is 57.6. The van der Waals surface area contributed by atoms with Crippen molar-refractivity contribution in [3.05, 3.63) is 236 Å². The first-order valence-corrected chi connectivity index (χ1v) is 25.4. The summed E-state index contributed by atoms with van der Waals surface area (Å²) in [7, 11) is 3.23. The van der Waals surface area contributed by atoms with Gasteiger partial charge in [-0.15, -0.1) is 0 Å². The van der Waals surface area contributed by atoms with Gasteiger partial charge in [0.2, 0.25) is 17.7 Å². The highest BCUT2D eigenvalue weighted by Crippen LogP contribution is 2.37. The summed E-state index contributed by atoms with van der Waals surface area (Å²) < 4.78 is 46.7. The smallest absolute Gasteiger partial charge is 0.224 e. The maximum atomic E-state index is 12.5. The molecule has 408 valence electrons. The number of para-hydroxylation sites is 6. The maximum Gasteiger partial charge on any atom is 0.224 e. The Morgan fingerprint density at radius 1 is 0.388 bits per heavy atom. The van der Waals surface area contributed by atoms with Crippen molar-refractivity contribution in [1.29, 1.82) is 0 Å². The van der Waals surface area contributed by atoms with Crippen molar-refractivity contribution < 1.29 is 47.2 Å². The molecule has 0 fully saturated rings. The molecule has 3 aromatic heterocycles. The van der Waals surface area contributed by atoms with Gasteiger partial charge in [0.25, 0.3) is 0 Å². The van der Waals surface area contributed by atoms with Gasteiger partial charge in [0.1, 0.15) is 64.8 Å². The number of ether oxygens (including phenoxy) is 6. The molecule has 0 spiro atoms. The highest BCUT2D eigenvalue weighted by atomic mass is 18.2. The zero-order valence-electron chi connectivity index (χ0n) is 45.1. The Morgan fingerprint density at radius 2 is 0.675 bits per heavy atom. The van der Waals surface area contributed by atoms with Crippen LogP contribution in [0.2, 0.25) is 0 Å². The van der Waals surface area contributed by atoms with Crippen molar-refractivity contribution in [2.45, 2.75) is 40.4 Å². The second kappa shape index (κ2) is 30.0. The van der Waals surface area contributed by atoms with Crippen LogP contribution in [0.5, 0.6) is 51.7 Å². The van der Waals surface area contributed by atoms with Crippen LogP contribution in [0.3, 0.4) is 0 Å². The summed E-state index contributed by atoms with van der Waals surface area (Å²) in [5, 5.41) is 0. The van der Waals surface area contributed by atoms with E-state index < -0.39 is 6.67 Å². The third-order valence-electron chi connectivity index (χ3n) is 11.9. The van der Waals surface area contributed by atoms with E-state index in [-0.39, 0.29) is 30.9 Å². The first-order chi connectivity index (χ1) is 39.1. The number of pyridine rings is 3. The van der Waals surface area contributed by atoms with E-state index in [1.54, 1.807) is 90.4 Å². The minimum absolute atomic E-state index is 0.0354. The van der Waals surface area contributed by atoms with E-state index in [1.807, 2.05) is 158 Å². The minimum atomic E-state index is -0.581. The normalized spacial score (nSPS) is 10.3. The van der Waals surface area contributed by atoms with E-state index in [0.29, 0.717) is 70.4 Å². The van der Waals surface area contributed by atoms with Crippen molar-refractivity contribution in [1.82, 2.24) is 15.0 Å². The average molecular weight is 1080 g/mol. The van der Waals surface area contributed by atoms with Crippen LogP contribution in [0.15, 0.2) is 219 Å². The van der Waals surface area contributed by atoms with Gasteiger partial charge in [0.05, 0.1) is 52.4 Å². The van der Waals surface area contributed by atoms with Crippen LogP contribution in [-0.4, -0.2) is 60.2 Å². The van der Waals surface area contributed by atoms with Crippen LogP contribution in [0.25, 0.3) is 0 Å². The van der Waals surface area contributed by atoms with Crippen LogP contribution in [0, 0.1) is 0 Å². The molecular formula is C64H61FN6O9. The molecule has 0 unspecified atom stereocenters. The summed E-state index contributed by atoms with van der Waals surface area (Å²) in [4.78, 5) is 54.4. The fourth-order valence-corrected chi connectivity index (χ4v) is 8.03. The molecule has 9 aromatic rings. The van der Waals surface area contributed by atoms with Gasteiger partial charge >= 0.3 is 0 Å². The number of benzene rings is 6. The van der Waals surface area contributed by atoms with Crippen molar-refractivity contribution in [3.8, 4) is 51.7 Å². The lowest BCUT2D eigenvalue weighted by Crippen LogP contribution is -2.28. The number of aromatic nitrogens is 3. The number of alkyl halides is 1. The van der Waals surface area contributed by atoms with E-state index in [1.165, 1.54) is 20.8 Å². The highest BCUT2D eigenvalue weighted by molar-refractivity contribution is 5.94. The first-order valence-electron chi connectivity index (χ1n) is 25.4. The molecule has 0 radical (unpaired) electrons. The number of nitrogens with zero attached hydrogens (tertiary/aromatic N) is 6. The topological polar surface area (TPSA) is 155 Å². The molecule has 0 aliphatic heterocycles. The van der Waals surface area contributed by atoms with E-state index in [9.17, 15) is 18.8 Å². The van der Waals surface area contributed by atoms with Crippen LogP contribution in [0.1, 0.15) is 37.5 Å². The Morgan fingerprint density at radius 3 is 0.975 bits per heavy atom. The molecule has 0 aliphatic rings. The molecule has 0 aliphatic carbocycles. The van der Waals surface area contributed by atoms with Gasteiger partial charge in [-0.1, -0.05) is 109 Å². The lowest BCUT2D eigenvalue weighted by Gasteiger charge is -2.24. The van der Waals surface area contributed by atoms with Gasteiger partial charge in [0.15, 0.2) is 17.2 Å². The third-order valence-corrected chi connectivity index (χ3v) is 11.9. The van der Waals surface area contributed by atoms with Gasteiger partial charge < -0.3 is 43.1 Å². The van der Waals surface area contributed by atoms with Crippen LogP contribution in [0.4, 0.5) is 21.5 Å². The van der Waals surface area contributed by atoms with E-state index in [2.05, 4.69) is 15.0 Å². The molecule has 0 atom stereocenters. The van der Waals surface area contributed by atoms with E-state index in [0.717, 1.165) is 28.2 Å². The largest absolute Gasteiger partial charge is 0.496 e. The number of carbonyl (C=O) groups is 3. The summed E-state index contributed by atoms with van der Waals surface area (Å²) >= 11 is 0. The van der Waals surface area contributed by atoms with Crippen molar-refractivity contribution >= 4 is 34.8 Å². The number of hydrogen-bond acceptors (Lipinski definition) is 12. The lowest BCUT2D eigenvalue weighted by atomic mass is 10.1. The Labute approximate surface area is 465 Å². The Bertz CT molecular complexity index is 3250. The van der Waals surface area contributed by atoms with Gasteiger partial charge in [-0.05, 0) is 54.6 Å². The molecule has 3 amide bonds. The Kier molecular flexibility index (Phi) is 21.6. The third kappa shape index (κ3) is 16.5. The van der Waals surface area contributed by atoms with Crippen LogP contribution >= 0.6 is 0 Å². The molecule has 0 bridgehead atoms. The fourth-order valence-electron chi connectivity index (χ4n) is 8.03. The van der Waals surface area contributed by atoms with Crippen molar-refractivity contribution in [2.24, 2.45) is 0 Å². The molecule has 16 heteroatoms. The van der Waals surface area contributed by atoms with Crippen molar-refractivity contribution in [3.63, 3.8) is 0 Å². The van der Waals surface area contributed by atoms with Gasteiger partial charge in [-0.3, -0.25) is 29.3 Å². The molecule has 6 aromatic carbocycles. The van der Waals surface area contributed by atoms with Crippen molar-refractivity contribution in [2.75, 3.05) is 42.2 Å². The second-order valence-electron chi connectivity index (χ2n) is 17.4. The molecule has 80 heavy (non-hydrogen) atoms. The highest BCUT2D eigenvalue weighted by Gasteiger charge is 2.22. The van der Waals surface area contributed by atoms with E-state index >= 15 is 0 Å². The Balaban J connectivity index is 0.000000174. The van der Waals surface area contributed by atoms with Crippen LogP contribution in [-0.2, 0) is 34.0 Å². The number of amides is 3. The average Bonchev–Trinajstić information content (AvgIpc) is 3.49. The Hall–Kier alpha value is -10.1. The maximum absolute atomic E-state index is 12.5. The molecule has 3 heterocycles. The summed E-state index contributed by atoms with van der Waals surface area (Å²) in [6.45, 7) is 4.86. The number of methoxy groups -OCH3 is 2. The summed E-state index contributed by atoms with van der Waals surface area (Å²) in [5.74, 6) is 5.30. The standard InChI is InChI=1S/C22H21FN2O3.2C21H20N2O3/c1-17(26)25(16-18-7-5-6-10-21(18)27-14-12-23)20-15-24-13-11-22(20)28-19-8-3-2-4-9-19;2*1-16(24)23(15-17-8-6-7-11-20(17)25-2)19-14-22-13-12-21(19)26-18-9-4-3-5-10-18/h2-11,13,15H,12,14,16H2,1H3;2*3-14H,15H2,1-2H3/i23-1;2-1;. The summed E-state index contributed by atoms with van der Waals surface area (Å²) in [6, 6.07) is 55.9. The zero-order valence-corrected chi connectivity index (χ0v) is 45.1. The zero-order chi connectivity index (χ0) is 56.5. The number of anilines is 3. The number of carbonyl (C=O) groups excluding carboxylic acids is 3. The van der Waals surface area contributed by atoms with Gasteiger partial charge in [0, 0.05) is 74.3 Å². The molecule has 0 saturated heterocycles. The quantitative estimate of drug-likeness (QED) is 0.0713. The second-order valence-corrected chi connectivity index (χ2v) is 17.4. The number of halogens is 1.